The summed E-state index contributed by atoms with van der Waals surface area (Å²) in [6.07, 6.45) is 3.54. The molecule has 1 rings (SSSR count). The number of carbonyl (C=O) groups is 1. The number of aldehydes is 1. The quantitative estimate of drug-likeness (QED) is 0.587. The highest BCUT2D eigenvalue weighted by molar-refractivity contribution is 5.53. The van der Waals surface area contributed by atoms with Gasteiger partial charge in [-0.25, -0.2) is 0 Å². The molecule has 0 fully saturated rings. The van der Waals surface area contributed by atoms with E-state index in [2.05, 4.69) is 37.4 Å². The van der Waals surface area contributed by atoms with Crippen LogP contribution >= 0.6 is 0 Å². The normalized spacial score (nSPS) is 10.5. The summed E-state index contributed by atoms with van der Waals surface area (Å²) < 4.78 is 0. The lowest BCUT2D eigenvalue weighted by Gasteiger charge is -2.13. The summed E-state index contributed by atoms with van der Waals surface area (Å²) in [5, 5.41) is 3.20. The topological polar surface area (TPSA) is 29.1 Å². The van der Waals surface area contributed by atoms with Gasteiger partial charge in [-0.15, -0.1) is 0 Å². The summed E-state index contributed by atoms with van der Waals surface area (Å²) in [5.74, 6) is 0.552. The molecule has 0 saturated heterocycles. The molecule has 0 radical (unpaired) electrons. The van der Waals surface area contributed by atoms with Crippen molar-refractivity contribution in [1.82, 2.24) is 0 Å². The second kappa shape index (κ2) is 6.31. The fraction of sp³-hybridized carbons (Fsp3) is 0.500. The van der Waals surface area contributed by atoms with Crippen LogP contribution in [0.15, 0.2) is 18.2 Å². The van der Waals surface area contributed by atoms with Crippen LogP contribution in [-0.4, -0.2) is 13.3 Å². The number of hydrogen-bond acceptors (Lipinski definition) is 2. The van der Waals surface area contributed by atoms with Gasteiger partial charge in [0.25, 0.3) is 0 Å². The van der Waals surface area contributed by atoms with Crippen molar-refractivity contribution in [2.24, 2.45) is 0 Å². The fourth-order valence-corrected chi connectivity index (χ4v) is 1.80. The highest BCUT2D eigenvalue weighted by Crippen LogP contribution is 2.23. The van der Waals surface area contributed by atoms with Crippen molar-refractivity contribution in [3.05, 3.63) is 29.3 Å². The van der Waals surface area contributed by atoms with Gasteiger partial charge in [-0.2, -0.15) is 0 Å². The van der Waals surface area contributed by atoms with Gasteiger partial charge < -0.3 is 10.1 Å². The lowest BCUT2D eigenvalue weighted by molar-refractivity contribution is -0.107. The summed E-state index contributed by atoms with van der Waals surface area (Å²) in [5.41, 5.74) is 3.85. The number of benzene rings is 1. The lowest BCUT2D eigenvalue weighted by Crippen LogP contribution is -1.98. The van der Waals surface area contributed by atoms with Crippen LogP contribution in [0.25, 0.3) is 0 Å². The summed E-state index contributed by atoms with van der Waals surface area (Å²) in [7, 11) is 1.94. The third-order valence-corrected chi connectivity index (χ3v) is 2.83. The molecule has 0 aliphatic heterocycles. The zero-order valence-corrected chi connectivity index (χ0v) is 10.4. The predicted molar refractivity (Wildman–Crippen MR) is 69.1 cm³/mol. The molecular weight excluding hydrogens is 198 g/mol. The van der Waals surface area contributed by atoms with Crippen molar-refractivity contribution >= 4 is 12.0 Å². The molecule has 0 spiro atoms. The van der Waals surface area contributed by atoms with E-state index in [-0.39, 0.29) is 0 Å². The lowest BCUT2D eigenvalue weighted by atomic mass is 9.97. The Morgan fingerprint density at radius 1 is 1.38 bits per heavy atom. The third-order valence-electron chi connectivity index (χ3n) is 2.83. The van der Waals surface area contributed by atoms with Crippen LogP contribution in [0.5, 0.6) is 0 Å². The highest BCUT2D eigenvalue weighted by Gasteiger charge is 2.05. The number of aryl methyl sites for hydroxylation is 1. The van der Waals surface area contributed by atoms with Gasteiger partial charge in [0.15, 0.2) is 0 Å². The van der Waals surface area contributed by atoms with E-state index in [4.69, 9.17) is 0 Å². The van der Waals surface area contributed by atoms with Crippen molar-refractivity contribution in [1.29, 1.82) is 0 Å². The molecule has 0 aliphatic rings. The van der Waals surface area contributed by atoms with E-state index in [1.807, 2.05) is 7.05 Å². The van der Waals surface area contributed by atoms with Gasteiger partial charge in [0.05, 0.1) is 0 Å². The van der Waals surface area contributed by atoms with Crippen molar-refractivity contribution in [2.75, 3.05) is 12.4 Å². The fourth-order valence-electron chi connectivity index (χ4n) is 1.80. The minimum atomic E-state index is 0.552. The van der Waals surface area contributed by atoms with Gasteiger partial charge >= 0.3 is 0 Å². The number of anilines is 1. The number of hydrogen-bond donors (Lipinski definition) is 1. The summed E-state index contributed by atoms with van der Waals surface area (Å²) in [4.78, 5) is 10.3. The number of nitrogens with one attached hydrogen (secondary N) is 1. The molecule has 2 nitrogen and oxygen atoms in total. The van der Waals surface area contributed by atoms with Gasteiger partial charge in [-0.3, -0.25) is 0 Å². The van der Waals surface area contributed by atoms with Crippen molar-refractivity contribution in [2.45, 2.75) is 39.0 Å². The molecule has 88 valence electrons. The number of carbonyl (C=O) groups excluding carboxylic acids is 1. The molecule has 0 aliphatic carbocycles. The minimum absolute atomic E-state index is 0.552. The van der Waals surface area contributed by atoms with E-state index in [0.717, 1.165) is 19.1 Å². The van der Waals surface area contributed by atoms with Crippen LogP contribution in [0.1, 0.15) is 43.7 Å². The van der Waals surface area contributed by atoms with Gasteiger partial charge in [-0.05, 0) is 36.0 Å². The molecule has 0 saturated carbocycles. The average Bonchev–Trinajstić information content (AvgIpc) is 2.29. The first kappa shape index (κ1) is 12.8. The van der Waals surface area contributed by atoms with Crippen LogP contribution in [0, 0.1) is 0 Å². The minimum Gasteiger partial charge on any atom is -0.388 e. The highest BCUT2D eigenvalue weighted by atomic mass is 16.1. The second-order valence-corrected chi connectivity index (χ2v) is 4.38. The Morgan fingerprint density at radius 2 is 2.12 bits per heavy atom. The smallest absolute Gasteiger partial charge is 0.120 e. The molecular formula is C14H21NO. The number of rotatable bonds is 6. The Labute approximate surface area is 98.1 Å². The van der Waals surface area contributed by atoms with Crippen LogP contribution in [0.4, 0.5) is 5.69 Å². The molecule has 0 unspecified atom stereocenters. The van der Waals surface area contributed by atoms with Crippen LogP contribution in [0.3, 0.4) is 0 Å². The second-order valence-electron chi connectivity index (χ2n) is 4.38. The monoisotopic (exact) mass is 219 g/mol. The summed E-state index contributed by atoms with van der Waals surface area (Å²) in [6, 6.07) is 6.55. The van der Waals surface area contributed by atoms with Crippen molar-refractivity contribution < 1.29 is 4.79 Å². The predicted octanol–water partition coefficient (Wildman–Crippen LogP) is 3.37. The third kappa shape index (κ3) is 3.37. The maximum Gasteiger partial charge on any atom is 0.120 e. The zero-order valence-electron chi connectivity index (χ0n) is 10.4. The molecule has 1 aromatic rings. The van der Waals surface area contributed by atoms with Gasteiger partial charge in [-0.1, -0.05) is 26.0 Å². The maximum atomic E-state index is 10.3. The van der Waals surface area contributed by atoms with Crippen molar-refractivity contribution in [3.63, 3.8) is 0 Å². The van der Waals surface area contributed by atoms with E-state index in [1.165, 1.54) is 16.8 Å². The molecule has 0 heterocycles. The molecule has 0 bridgehead atoms. The number of unbranched alkanes of at least 4 members (excludes halogenated alkanes) is 1. The molecule has 1 N–H and O–H groups in total. The molecule has 2 heteroatoms. The van der Waals surface area contributed by atoms with E-state index < -0.39 is 0 Å². The van der Waals surface area contributed by atoms with E-state index in [9.17, 15) is 4.79 Å². The van der Waals surface area contributed by atoms with Crippen LogP contribution in [-0.2, 0) is 11.2 Å². The summed E-state index contributed by atoms with van der Waals surface area (Å²) in [6.45, 7) is 4.40. The average molecular weight is 219 g/mol. The van der Waals surface area contributed by atoms with Gasteiger partial charge in [0, 0.05) is 19.2 Å². The maximum absolute atomic E-state index is 10.3. The molecule has 16 heavy (non-hydrogen) atoms. The first-order valence-corrected chi connectivity index (χ1v) is 5.93. The Bertz CT molecular complexity index is 345. The molecule has 0 aromatic heterocycles. The first-order chi connectivity index (χ1) is 7.69. The SMILES string of the molecule is CNc1ccc(C(C)C)cc1CCCC=O. The van der Waals surface area contributed by atoms with Gasteiger partial charge in [0.1, 0.15) is 6.29 Å². The molecule has 0 atom stereocenters. The Balaban J connectivity index is 2.84. The van der Waals surface area contributed by atoms with Crippen LogP contribution in [0.2, 0.25) is 0 Å². The Morgan fingerprint density at radius 3 is 2.69 bits per heavy atom. The van der Waals surface area contributed by atoms with E-state index in [0.29, 0.717) is 12.3 Å². The standard InChI is InChI=1S/C14H21NO/c1-11(2)12-7-8-14(15-3)13(10-12)6-4-5-9-16/h7-11,15H,4-6H2,1-3H3. The van der Waals surface area contributed by atoms with Crippen molar-refractivity contribution in [3.8, 4) is 0 Å². The zero-order chi connectivity index (χ0) is 12.0. The first-order valence-electron chi connectivity index (χ1n) is 5.93. The molecule has 0 amide bonds. The van der Waals surface area contributed by atoms with E-state index >= 15 is 0 Å². The van der Waals surface area contributed by atoms with Gasteiger partial charge in [0.2, 0.25) is 0 Å². The Kier molecular flexibility index (Phi) is 5.03. The summed E-state index contributed by atoms with van der Waals surface area (Å²) >= 11 is 0. The Hall–Kier alpha value is -1.31. The van der Waals surface area contributed by atoms with Crippen LogP contribution < -0.4 is 5.32 Å². The molecule has 1 aromatic carbocycles. The largest absolute Gasteiger partial charge is 0.388 e. The van der Waals surface area contributed by atoms with E-state index in [1.54, 1.807) is 0 Å².